The summed E-state index contributed by atoms with van der Waals surface area (Å²) in [7, 11) is 4.11. The van der Waals surface area contributed by atoms with Gasteiger partial charge in [-0.25, -0.2) is 0 Å². The fourth-order valence-corrected chi connectivity index (χ4v) is 1.39. The van der Waals surface area contributed by atoms with Crippen LogP contribution < -0.4 is 10.2 Å². The standard InChI is InChI=1S/C12H18N2/c1-5-8-13-11-7-6-10(2)12(9-11)14(3)4/h5-7,9,13H,1,8H2,2-4H3. The Kier molecular flexibility index (Phi) is 3.57. The van der Waals surface area contributed by atoms with Gasteiger partial charge >= 0.3 is 0 Å². The SMILES string of the molecule is C=CCNc1ccc(C)c(N(C)C)c1. The lowest BCUT2D eigenvalue weighted by molar-refractivity contribution is 1.11. The Morgan fingerprint density at radius 3 is 2.71 bits per heavy atom. The van der Waals surface area contributed by atoms with E-state index in [0.717, 1.165) is 12.2 Å². The Hall–Kier alpha value is -1.44. The molecule has 1 aromatic rings. The number of anilines is 2. The third-order valence-electron chi connectivity index (χ3n) is 2.14. The van der Waals surface area contributed by atoms with Crippen LogP contribution in [-0.2, 0) is 0 Å². The summed E-state index contributed by atoms with van der Waals surface area (Å²) in [5.41, 5.74) is 3.68. The van der Waals surface area contributed by atoms with E-state index >= 15 is 0 Å². The lowest BCUT2D eigenvalue weighted by Gasteiger charge is -2.17. The quantitative estimate of drug-likeness (QED) is 0.734. The third kappa shape index (κ3) is 2.52. The molecule has 0 fully saturated rings. The van der Waals surface area contributed by atoms with Crippen molar-refractivity contribution >= 4 is 11.4 Å². The summed E-state index contributed by atoms with van der Waals surface area (Å²) in [5, 5.41) is 3.27. The lowest BCUT2D eigenvalue weighted by Crippen LogP contribution is -2.10. The molecular weight excluding hydrogens is 172 g/mol. The van der Waals surface area contributed by atoms with Crippen molar-refractivity contribution in [3.63, 3.8) is 0 Å². The lowest BCUT2D eigenvalue weighted by atomic mass is 10.1. The predicted molar refractivity (Wildman–Crippen MR) is 64.2 cm³/mol. The summed E-state index contributed by atoms with van der Waals surface area (Å²) >= 11 is 0. The second-order valence-corrected chi connectivity index (χ2v) is 3.57. The Morgan fingerprint density at radius 1 is 1.43 bits per heavy atom. The molecule has 1 rings (SSSR count). The van der Waals surface area contributed by atoms with Crippen LogP contribution in [0.4, 0.5) is 11.4 Å². The first-order valence-corrected chi connectivity index (χ1v) is 4.78. The van der Waals surface area contributed by atoms with E-state index in [1.54, 1.807) is 0 Å². The Labute approximate surface area is 86.2 Å². The normalized spacial score (nSPS) is 9.64. The number of rotatable bonds is 4. The summed E-state index contributed by atoms with van der Waals surface area (Å²) in [6.07, 6.45) is 1.86. The maximum atomic E-state index is 3.68. The van der Waals surface area contributed by atoms with E-state index in [1.807, 2.05) is 6.08 Å². The fourth-order valence-electron chi connectivity index (χ4n) is 1.39. The highest BCUT2D eigenvalue weighted by atomic mass is 15.1. The van der Waals surface area contributed by atoms with Crippen LogP contribution in [0.25, 0.3) is 0 Å². The first-order chi connectivity index (χ1) is 6.65. The Bertz CT molecular complexity index is 316. The van der Waals surface area contributed by atoms with Gasteiger partial charge in [-0.15, -0.1) is 6.58 Å². The van der Waals surface area contributed by atoms with E-state index in [2.05, 4.69) is 56.0 Å². The van der Waals surface area contributed by atoms with E-state index in [4.69, 9.17) is 0 Å². The zero-order valence-electron chi connectivity index (χ0n) is 9.17. The van der Waals surface area contributed by atoms with Crippen molar-refractivity contribution in [1.82, 2.24) is 0 Å². The highest BCUT2D eigenvalue weighted by molar-refractivity contribution is 5.61. The number of nitrogens with one attached hydrogen (secondary N) is 1. The minimum Gasteiger partial charge on any atom is -0.382 e. The molecule has 1 aromatic carbocycles. The van der Waals surface area contributed by atoms with Crippen molar-refractivity contribution in [3.8, 4) is 0 Å². The maximum absolute atomic E-state index is 3.68. The molecule has 0 aromatic heterocycles. The predicted octanol–water partition coefficient (Wildman–Crippen LogP) is 2.66. The molecule has 0 radical (unpaired) electrons. The minimum atomic E-state index is 0.802. The second-order valence-electron chi connectivity index (χ2n) is 3.57. The maximum Gasteiger partial charge on any atom is 0.0411 e. The molecule has 2 nitrogen and oxygen atoms in total. The van der Waals surface area contributed by atoms with Crippen LogP contribution in [-0.4, -0.2) is 20.6 Å². The van der Waals surface area contributed by atoms with Crippen molar-refractivity contribution in [2.75, 3.05) is 30.9 Å². The van der Waals surface area contributed by atoms with Gasteiger partial charge in [-0.1, -0.05) is 12.1 Å². The van der Waals surface area contributed by atoms with Gasteiger partial charge in [0.2, 0.25) is 0 Å². The number of hydrogen-bond donors (Lipinski definition) is 1. The second kappa shape index (κ2) is 4.70. The highest BCUT2D eigenvalue weighted by Crippen LogP contribution is 2.22. The average molecular weight is 190 g/mol. The van der Waals surface area contributed by atoms with Crippen LogP contribution in [0.3, 0.4) is 0 Å². The van der Waals surface area contributed by atoms with Crippen molar-refractivity contribution < 1.29 is 0 Å². The van der Waals surface area contributed by atoms with E-state index in [-0.39, 0.29) is 0 Å². The highest BCUT2D eigenvalue weighted by Gasteiger charge is 2.01. The summed E-state index contributed by atoms with van der Waals surface area (Å²) in [5.74, 6) is 0. The average Bonchev–Trinajstić information content (AvgIpc) is 2.16. The molecule has 76 valence electrons. The molecule has 0 spiro atoms. The molecule has 0 aliphatic heterocycles. The van der Waals surface area contributed by atoms with Gasteiger partial charge in [0.25, 0.3) is 0 Å². The van der Waals surface area contributed by atoms with Crippen molar-refractivity contribution in [3.05, 3.63) is 36.4 Å². The molecule has 1 N–H and O–H groups in total. The van der Waals surface area contributed by atoms with Crippen molar-refractivity contribution in [2.45, 2.75) is 6.92 Å². The van der Waals surface area contributed by atoms with Crippen LogP contribution in [0, 0.1) is 6.92 Å². The number of aryl methyl sites for hydroxylation is 1. The van der Waals surface area contributed by atoms with Crippen LogP contribution in [0.5, 0.6) is 0 Å². The van der Waals surface area contributed by atoms with E-state index in [1.165, 1.54) is 11.3 Å². The molecule has 14 heavy (non-hydrogen) atoms. The fraction of sp³-hybridized carbons (Fsp3) is 0.333. The van der Waals surface area contributed by atoms with E-state index in [9.17, 15) is 0 Å². The molecular formula is C12H18N2. The van der Waals surface area contributed by atoms with Gasteiger partial charge in [-0.05, 0) is 24.6 Å². The molecule has 0 saturated heterocycles. The molecule has 0 heterocycles. The van der Waals surface area contributed by atoms with Crippen LogP contribution in [0.2, 0.25) is 0 Å². The monoisotopic (exact) mass is 190 g/mol. The zero-order valence-corrected chi connectivity index (χ0v) is 9.17. The first-order valence-electron chi connectivity index (χ1n) is 4.78. The Morgan fingerprint density at radius 2 is 2.14 bits per heavy atom. The summed E-state index contributed by atoms with van der Waals surface area (Å²) in [6, 6.07) is 6.37. The molecule has 0 amide bonds. The van der Waals surface area contributed by atoms with Crippen LogP contribution >= 0.6 is 0 Å². The van der Waals surface area contributed by atoms with Gasteiger partial charge in [0.15, 0.2) is 0 Å². The largest absolute Gasteiger partial charge is 0.382 e. The van der Waals surface area contributed by atoms with Gasteiger partial charge in [0.05, 0.1) is 0 Å². The number of hydrogen-bond acceptors (Lipinski definition) is 2. The van der Waals surface area contributed by atoms with Gasteiger partial charge in [0.1, 0.15) is 0 Å². The zero-order chi connectivity index (χ0) is 10.6. The summed E-state index contributed by atoms with van der Waals surface area (Å²) in [6.45, 7) is 6.60. The molecule has 0 aliphatic carbocycles. The van der Waals surface area contributed by atoms with Gasteiger partial charge in [-0.3, -0.25) is 0 Å². The molecule has 0 atom stereocenters. The Balaban J connectivity index is 2.88. The van der Waals surface area contributed by atoms with E-state index in [0.29, 0.717) is 0 Å². The number of benzene rings is 1. The molecule has 0 bridgehead atoms. The van der Waals surface area contributed by atoms with Crippen LogP contribution in [0.15, 0.2) is 30.9 Å². The molecule has 0 saturated carbocycles. The topological polar surface area (TPSA) is 15.3 Å². The minimum absolute atomic E-state index is 0.802. The third-order valence-corrected chi connectivity index (χ3v) is 2.14. The number of nitrogens with zero attached hydrogens (tertiary/aromatic N) is 1. The van der Waals surface area contributed by atoms with Crippen molar-refractivity contribution in [1.29, 1.82) is 0 Å². The molecule has 0 aliphatic rings. The summed E-state index contributed by atoms with van der Waals surface area (Å²) < 4.78 is 0. The smallest absolute Gasteiger partial charge is 0.0411 e. The van der Waals surface area contributed by atoms with Gasteiger partial charge in [0, 0.05) is 32.0 Å². The van der Waals surface area contributed by atoms with Gasteiger partial charge < -0.3 is 10.2 Å². The van der Waals surface area contributed by atoms with Gasteiger partial charge in [-0.2, -0.15) is 0 Å². The molecule has 2 heteroatoms. The van der Waals surface area contributed by atoms with Crippen molar-refractivity contribution in [2.24, 2.45) is 0 Å². The van der Waals surface area contributed by atoms with E-state index < -0.39 is 0 Å². The molecule has 0 unspecified atom stereocenters. The first kappa shape index (κ1) is 10.6. The van der Waals surface area contributed by atoms with Crippen LogP contribution in [0.1, 0.15) is 5.56 Å². The summed E-state index contributed by atoms with van der Waals surface area (Å²) in [4.78, 5) is 2.12.